The van der Waals surface area contributed by atoms with Crippen molar-refractivity contribution in [1.29, 1.82) is 0 Å². The van der Waals surface area contributed by atoms with Gasteiger partial charge in [-0.2, -0.15) is 4.31 Å². The van der Waals surface area contributed by atoms with Crippen molar-refractivity contribution in [3.05, 3.63) is 29.1 Å². The van der Waals surface area contributed by atoms with Crippen molar-refractivity contribution in [2.45, 2.75) is 61.3 Å². The lowest BCUT2D eigenvalue weighted by molar-refractivity contribution is -0.115. The molecule has 0 unspecified atom stereocenters. The molecule has 11 heteroatoms. The normalized spacial score (nSPS) is 16.6. The summed E-state index contributed by atoms with van der Waals surface area (Å²) in [7, 11) is -3.63. The summed E-state index contributed by atoms with van der Waals surface area (Å²) in [5.74, 6) is 0.252. The van der Waals surface area contributed by atoms with Crippen LogP contribution in [0.3, 0.4) is 0 Å². The van der Waals surface area contributed by atoms with Gasteiger partial charge in [-0.15, -0.1) is 10.2 Å². The molecule has 1 aromatic heterocycles. The van der Waals surface area contributed by atoms with Crippen LogP contribution in [0.25, 0.3) is 0 Å². The molecular weight excluding hydrogens is 448 g/mol. The van der Waals surface area contributed by atoms with Gasteiger partial charge in [-0.1, -0.05) is 43.6 Å². The van der Waals surface area contributed by atoms with Gasteiger partial charge in [-0.3, -0.25) is 4.79 Å². The first-order valence-corrected chi connectivity index (χ1v) is 12.5. The number of nitrogens with zero attached hydrogens (tertiary/aromatic N) is 3. The second kappa shape index (κ2) is 9.67. The van der Waals surface area contributed by atoms with E-state index in [2.05, 4.69) is 15.5 Å². The van der Waals surface area contributed by atoms with E-state index in [1.807, 2.05) is 13.8 Å². The van der Waals surface area contributed by atoms with E-state index >= 15 is 0 Å². The van der Waals surface area contributed by atoms with Crippen LogP contribution in [0, 0.1) is 0 Å². The highest BCUT2D eigenvalue weighted by Gasteiger charge is 2.27. The standard InChI is InChI=1S/C19H25ClN4O4S2/c1-12(2)18-22-23-19(28-18)29-13(3)17(25)21-16-11-14(7-8-15(16)20)30(26,27)24-9-5-4-6-10-24/h7-8,11-13H,4-6,9-10H2,1-3H3,(H,21,25)/t13-/m1/s1. The number of rotatable bonds is 7. The van der Waals surface area contributed by atoms with E-state index in [-0.39, 0.29) is 27.4 Å². The van der Waals surface area contributed by atoms with Gasteiger partial charge >= 0.3 is 0 Å². The molecule has 3 rings (SSSR count). The van der Waals surface area contributed by atoms with E-state index < -0.39 is 15.3 Å². The number of benzene rings is 1. The van der Waals surface area contributed by atoms with Crippen LogP contribution in [0.2, 0.25) is 5.02 Å². The molecule has 8 nitrogen and oxygen atoms in total. The number of hydrogen-bond acceptors (Lipinski definition) is 7. The minimum absolute atomic E-state index is 0.0966. The van der Waals surface area contributed by atoms with Crippen molar-refractivity contribution in [3.63, 3.8) is 0 Å². The Balaban J connectivity index is 1.72. The second-order valence-corrected chi connectivity index (χ2v) is 11.1. The molecular formula is C19H25ClN4O4S2. The fourth-order valence-corrected chi connectivity index (χ4v) is 5.35. The summed E-state index contributed by atoms with van der Waals surface area (Å²) >= 11 is 7.33. The molecule has 164 valence electrons. The number of hydrogen-bond donors (Lipinski definition) is 1. The largest absolute Gasteiger partial charge is 0.416 e. The molecule has 1 aromatic carbocycles. The van der Waals surface area contributed by atoms with Gasteiger partial charge in [0.2, 0.25) is 21.8 Å². The maximum absolute atomic E-state index is 12.9. The average molecular weight is 473 g/mol. The van der Waals surface area contributed by atoms with E-state index in [1.54, 1.807) is 6.92 Å². The number of halogens is 1. The summed E-state index contributed by atoms with van der Waals surface area (Å²) < 4.78 is 32.8. The number of sulfonamides is 1. The van der Waals surface area contributed by atoms with E-state index in [9.17, 15) is 13.2 Å². The highest BCUT2D eigenvalue weighted by molar-refractivity contribution is 8.00. The molecule has 1 saturated heterocycles. The molecule has 0 spiro atoms. The Bertz CT molecular complexity index is 1000. The van der Waals surface area contributed by atoms with Crippen LogP contribution < -0.4 is 5.32 Å². The number of aromatic nitrogens is 2. The smallest absolute Gasteiger partial charge is 0.277 e. The Morgan fingerprint density at radius 1 is 1.20 bits per heavy atom. The van der Waals surface area contributed by atoms with Crippen molar-refractivity contribution in [2.75, 3.05) is 18.4 Å². The minimum Gasteiger partial charge on any atom is -0.416 e. The number of piperidine rings is 1. The molecule has 0 aliphatic carbocycles. The van der Waals surface area contributed by atoms with Gasteiger partial charge in [0, 0.05) is 19.0 Å². The Hall–Kier alpha value is -1.62. The van der Waals surface area contributed by atoms with Gasteiger partial charge in [0.1, 0.15) is 0 Å². The van der Waals surface area contributed by atoms with Crippen molar-refractivity contribution in [2.24, 2.45) is 0 Å². The lowest BCUT2D eigenvalue weighted by atomic mass is 10.2. The predicted molar refractivity (Wildman–Crippen MR) is 116 cm³/mol. The molecule has 1 aliphatic rings. The van der Waals surface area contributed by atoms with Crippen LogP contribution in [0.4, 0.5) is 5.69 Å². The third-order valence-electron chi connectivity index (χ3n) is 4.71. The van der Waals surface area contributed by atoms with Crippen LogP contribution in [-0.4, -0.2) is 47.2 Å². The maximum Gasteiger partial charge on any atom is 0.277 e. The summed E-state index contributed by atoms with van der Waals surface area (Å²) in [4.78, 5) is 12.7. The van der Waals surface area contributed by atoms with Crippen LogP contribution >= 0.6 is 23.4 Å². The van der Waals surface area contributed by atoms with Crippen molar-refractivity contribution in [1.82, 2.24) is 14.5 Å². The second-order valence-electron chi connectivity index (χ2n) is 7.42. The fraction of sp³-hybridized carbons (Fsp3) is 0.526. The van der Waals surface area contributed by atoms with Crippen LogP contribution in [0.15, 0.2) is 32.7 Å². The first-order valence-electron chi connectivity index (χ1n) is 9.79. The Labute approximate surface area is 185 Å². The number of carbonyl (C=O) groups is 1. The average Bonchev–Trinajstić information content (AvgIpc) is 3.19. The zero-order chi connectivity index (χ0) is 21.9. The molecule has 1 amide bonds. The Morgan fingerprint density at radius 2 is 1.90 bits per heavy atom. The minimum atomic E-state index is -3.63. The van der Waals surface area contributed by atoms with Gasteiger partial charge in [0.25, 0.3) is 5.22 Å². The molecule has 0 saturated carbocycles. The number of carbonyl (C=O) groups excluding carboxylic acids is 1. The number of anilines is 1. The molecule has 2 aromatic rings. The van der Waals surface area contributed by atoms with E-state index in [4.69, 9.17) is 16.0 Å². The van der Waals surface area contributed by atoms with Crippen molar-refractivity contribution in [3.8, 4) is 0 Å². The van der Waals surface area contributed by atoms with Crippen LogP contribution in [0.1, 0.15) is 51.8 Å². The monoisotopic (exact) mass is 472 g/mol. The van der Waals surface area contributed by atoms with Crippen molar-refractivity contribution < 1.29 is 17.6 Å². The number of amides is 1. The molecule has 30 heavy (non-hydrogen) atoms. The Morgan fingerprint density at radius 3 is 2.53 bits per heavy atom. The van der Waals surface area contributed by atoms with Gasteiger partial charge < -0.3 is 9.73 Å². The topological polar surface area (TPSA) is 105 Å². The SMILES string of the molecule is CC(C)c1nnc(S[C@H](C)C(=O)Nc2cc(S(=O)(=O)N3CCCCC3)ccc2Cl)o1. The Kier molecular flexibility index (Phi) is 7.43. The summed E-state index contributed by atoms with van der Waals surface area (Å²) in [5, 5.41) is 10.6. The zero-order valence-corrected chi connectivity index (χ0v) is 19.5. The summed E-state index contributed by atoms with van der Waals surface area (Å²) in [5.41, 5.74) is 0.251. The summed E-state index contributed by atoms with van der Waals surface area (Å²) in [6.45, 7) is 6.57. The molecule has 0 bridgehead atoms. The highest BCUT2D eigenvalue weighted by atomic mass is 35.5. The molecule has 1 N–H and O–H groups in total. The quantitative estimate of drug-likeness (QED) is 0.603. The van der Waals surface area contributed by atoms with Gasteiger partial charge in [0.05, 0.1) is 20.9 Å². The third kappa shape index (κ3) is 5.35. The van der Waals surface area contributed by atoms with E-state index in [1.165, 1.54) is 22.5 Å². The number of thioether (sulfide) groups is 1. The fourth-order valence-electron chi connectivity index (χ4n) is 2.96. The van der Waals surface area contributed by atoms with Gasteiger partial charge in [-0.05, 0) is 38.0 Å². The molecule has 2 heterocycles. The van der Waals surface area contributed by atoms with E-state index in [0.717, 1.165) is 31.0 Å². The van der Waals surface area contributed by atoms with Gasteiger partial charge in [-0.25, -0.2) is 8.42 Å². The highest BCUT2D eigenvalue weighted by Crippen LogP contribution is 2.30. The molecule has 1 aliphatic heterocycles. The van der Waals surface area contributed by atoms with E-state index in [0.29, 0.717) is 24.2 Å². The summed E-state index contributed by atoms with van der Waals surface area (Å²) in [6, 6.07) is 4.36. The first kappa shape index (κ1) is 23.1. The lowest BCUT2D eigenvalue weighted by Gasteiger charge is -2.26. The van der Waals surface area contributed by atoms with Crippen LogP contribution in [0.5, 0.6) is 0 Å². The third-order valence-corrected chi connectivity index (χ3v) is 7.87. The molecule has 1 fully saturated rings. The predicted octanol–water partition coefficient (Wildman–Crippen LogP) is 4.14. The maximum atomic E-state index is 12.9. The number of nitrogens with one attached hydrogen (secondary N) is 1. The molecule has 1 atom stereocenters. The van der Waals surface area contributed by atoms with Crippen LogP contribution in [-0.2, 0) is 14.8 Å². The molecule has 0 radical (unpaired) electrons. The summed E-state index contributed by atoms with van der Waals surface area (Å²) in [6.07, 6.45) is 2.72. The van der Waals surface area contributed by atoms with Gasteiger partial charge in [0.15, 0.2) is 0 Å². The lowest BCUT2D eigenvalue weighted by Crippen LogP contribution is -2.35. The zero-order valence-electron chi connectivity index (χ0n) is 17.1. The van der Waals surface area contributed by atoms with Crippen molar-refractivity contribution >= 4 is 45.0 Å². The first-order chi connectivity index (χ1) is 14.2.